The molecule has 0 amide bonds. The maximum Gasteiger partial charge on any atom is 0.279 e. The van der Waals surface area contributed by atoms with Crippen LogP contribution < -0.4 is 4.72 Å². The zero-order chi connectivity index (χ0) is 14.7. The molecular formula is C13H28N2O3S. The van der Waals surface area contributed by atoms with Crippen LogP contribution in [0.1, 0.15) is 47.0 Å². The van der Waals surface area contributed by atoms with E-state index in [0.717, 1.165) is 12.8 Å². The Kier molecular flexibility index (Phi) is 5.79. The lowest BCUT2D eigenvalue weighted by Gasteiger charge is -2.35. The normalized spacial score (nSPS) is 24.4. The topological polar surface area (TPSA) is 69.6 Å². The number of nitrogens with one attached hydrogen (secondary N) is 1. The summed E-state index contributed by atoms with van der Waals surface area (Å²) in [6.45, 7) is 9.19. The van der Waals surface area contributed by atoms with E-state index in [1.54, 1.807) is 0 Å². The Balaban J connectivity index is 2.76. The van der Waals surface area contributed by atoms with Crippen molar-refractivity contribution < 1.29 is 13.5 Å². The van der Waals surface area contributed by atoms with Crippen LogP contribution in [0.3, 0.4) is 0 Å². The summed E-state index contributed by atoms with van der Waals surface area (Å²) < 4.78 is 29.1. The van der Waals surface area contributed by atoms with Crippen molar-refractivity contribution in [3.05, 3.63) is 0 Å². The first kappa shape index (κ1) is 16.9. The summed E-state index contributed by atoms with van der Waals surface area (Å²) >= 11 is 0. The summed E-state index contributed by atoms with van der Waals surface area (Å²) in [5.74, 6) is 0.413. The maximum absolute atomic E-state index is 12.4. The lowest BCUT2D eigenvalue weighted by Crippen LogP contribution is -2.52. The van der Waals surface area contributed by atoms with Gasteiger partial charge in [-0.15, -0.1) is 0 Å². The average Bonchev–Trinajstić information content (AvgIpc) is 2.27. The second-order valence-electron chi connectivity index (χ2n) is 6.66. The van der Waals surface area contributed by atoms with E-state index in [1.165, 1.54) is 4.31 Å². The third kappa shape index (κ3) is 5.02. The molecule has 5 nitrogen and oxygen atoms in total. The van der Waals surface area contributed by atoms with Crippen molar-refractivity contribution in [2.45, 2.75) is 53.0 Å². The fourth-order valence-corrected chi connectivity index (χ4v) is 4.22. The van der Waals surface area contributed by atoms with Crippen molar-refractivity contribution in [1.82, 2.24) is 9.03 Å². The molecule has 1 heterocycles. The summed E-state index contributed by atoms with van der Waals surface area (Å²) in [5.41, 5.74) is -0.211. The molecule has 19 heavy (non-hydrogen) atoms. The van der Waals surface area contributed by atoms with Gasteiger partial charge in [-0.25, -0.2) is 0 Å². The van der Waals surface area contributed by atoms with Crippen LogP contribution in [0.4, 0.5) is 0 Å². The van der Waals surface area contributed by atoms with Gasteiger partial charge in [0.2, 0.25) is 0 Å². The van der Waals surface area contributed by atoms with Crippen LogP contribution in [-0.2, 0) is 10.2 Å². The van der Waals surface area contributed by atoms with Gasteiger partial charge < -0.3 is 5.11 Å². The van der Waals surface area contributed by atoms with E-state index in [0.29, 0.717) is 25.4 Å². The molecule has 2 N–H and O–H groups in total. The lowest BCUT2D eigenvalue weighted by molar-refractivity contribution is 0.208. The van der Waals surface area contributed by atoms with Crippen LogP contribution in [0, 0.1) is 11.3 Å². The Bertz CT molecular complexity index is 376. The largest absolute Gasteiger partial charge is 0.396 e. The highest BCUT2D eigenvalue weighted by atomic mass is 32.2. The molecule has 1 rings (SSSR count). The molecule has 0 radical (unpaired) electrons. The van der Waals surface area contributed by atoms with Gasteiger partial charge in [0.25, 0.3) is 10.2 Å². The molecule has 2 unspecified atom stereocenters. The molecule has 1 aliphatic rings. The summed E-state index contributed by atoms with van der Waals surface area (Å²) in [7, 11) is -3.45. The van der Waals surface area contributed by atoms with Gasteiger partial charge in [-0.3, -0.25) is 0 Å². The lowest BCUT2D eigenvalue weighted by atomic mass is 9.86. The smallest absolute Gasteiger partial charge is 0.279 e. The zero-order valence-electron chi connectivity index (χ0n) is 12.5. The number of hydrogen-bond donors (Lipinski definition) is 2. The number of aliphatic hydroxyl groups excluding tert-OH is 1. The molecule has 0 bridgehead atoms. The third-order valence-corrected chi connectivity index (χ3v) is 5.31. The van der Waals surface area contributed by atoms with Gasteiger partial charge in [0.05, 0.1) is 0 Å². The quantitative estimate of drug-likeness (QED) is 0.803. The minimum atomic E-state index is -3.45. The molecule has 0 aromatic heterocycles. The molecular weight excluding hydrogens is 264 g/mol. The molecule has 114 valence electrons. The summed E-state index contributed by atoms with van der Waals surface area (Å²) in [6, 6.07) is -0.250. The highest BCUT2D eigenvalue weighted by Gasteiger charge is 2.33. The minimum absolute atomic E-state index is 0.0130. The molecule has 1 saturated heterocycles. The van der Waals surface area contributed by atoms with Crippen molar-refractivity contribution in [3.8, 4) is 0 Å². The Labute approximate surface area is 117 Å². The Morgan fingerprint density at radius 3 is 2.53 bits per heavy atom. The highest BCUT2D eigenvalue weighted by molar-refractivity contribution is 7.87. The predicted molar refractivity (Wildman–Crippen MR) is 77.0 cm³/mol. The van der Waals surface area contributed by atoms with Crippen LogP contribution in [-0.4, -0.2) is 43.6 Å². The summed E-state index contributed by atoms with van der Waals surface area (Å²) in [5, 5.41) is 9.10. The van der Waals surface area contributed by atoms with E-state index >= 15 is 0 Å². The molecule has 1 aliphatic heterocycles. The van der Waals surface area contributed by atoms with Crippen LogP contribution in [0.15, 0.2) is 0 Å². The SMILES string of the molecule is CC1CCCN(S(=O)(=O)NC(CCO)C(C)(C)C)C1. The van der Waals surface area contributed by atoms with E-state index in [-0.39, 0.29) is 18.1 Å². The average molecular weight is 292 g/mol. The van der Waals surface area contributed by atoms with Gasteiger partial charge in [-0.2, -0.15) is 17.4 Å². The monoisotopic (exact) mass is 292 g/mol. The van der Waals surface area contributed by atoms with Crippen LogP contribution >= 0.6 is 0 Å². The predicted octanol–water partition coefficient (Wildman–Crippen LogP) is 1.35. The van der Waals surface area contributed by atoms with E-state index in [2.05, 4.69) is 11.6 Å². The number of rotatable bonds is 5. The molecule has 2 atom stereocenters. The van der Waals surface area contributed by atoms with Gasteiger partial charge in [-0.1, -0.05) is 27.7 Å². The molecule has 6 heteroatoms. The minimum Gasteiger partial charge on any atom is -0.396 e. The fraction of sp³-hybridized carbons (Fsp3) is 1.00. The van der Waals surface area contributed by atoms with Crippen LogP contribution in [0.25, 0.3) is 0 Å². The number of aliphatic hydroxyl groups is 1. The Morgan fingerprint density at radius 2 is 2.05 bits per heavy atom. The standard InChI is InChI=1S/C13H28N2O3S/c1-11-6-5-8-15(10-11)19(17,18)14-12(7-9-16)13(2,3)4/h11-12,14,16H,5-10H2,1-4H3. The summed E-state index contributed by atoms with van der Waals surface area (Å²) in [6.07, 6.45) is 2.44. The zero-order valence-corrected chi connectivity index (χ0v) is 13.3. The number of nitrogens with zero attached hydrogens (tertiary/aromatic N) is 1. The van der Waals surface area contributed by atoms with Gasteiger partial charge in [0.15, 0.2) is 0 Å². The van der Waals surface area contributed by atoms with Gasteiger partial charge in [-0.05, 0) is 30.6 Å². The van der Waals surface area contributed by atoms with Crippen molar-refractivity contribution in [2.24, 2.45) is 11.3 Å². The van der Waals surface area contributed by atoms with Crippen molar-refractivity contribution in [1.29, 1.82) is 0 Å². The van der Waals surface area contributed by atoms with Crippen molar-refractivity contribution in [3.63, 3.8) is 0 Å². The maximum atomic E-state index is 12.4. The third-order valence-electron chi connectivity index (χ3n) is 3.71. The van der Waals surface area contributed by atoms with E-state index in [1.807, 2.05) is 20.8 Å². The summed E-state index contributed by atoms with van der Waals surface area (Å²) in [4.78, 5) is 0. The van der Waals surface area contributed by atoms with E-state index in [9.17, 15) is 8.42 Å². The molecule has 0 aromatic carbocycles. The van der Waals surface area contributed by atoms with Crippen molar-refractivity contribution in [2.75, 3.05) is 19.7 Å². The first-order chi connectivity index (χ1) is 8.66. The van der Waals surface area contributed by atoms with Gasteiger partial charge in [0, 0.05) is 25.7 Å². The molecule has 1 fully saturated rings. The Morgan fingerprint density at radius 1 is 1.42 bits per heavy atom. The first-order valence-corrected chi connectivity index (χ1v) is 8.49. The second kappa shape index (κ2) is 6.52. The van der Waals surface area contributed by atoms with Crippen LogP contribution in [0.2, 0.25) is 0 Å². The van der Waals surface area contributed by atoms with Crippen molar-refractivity contribution >= 4 is 10.2 Å². The number of hydrogen-bond acceptors (Lipinski definition) is 3. The Hall–Kier alpha value is -0.170. The van der Waals surface area contributed by atoms with Gasteiger partial charge >= 0.3 is 0 Å². The molecule has 0 spiro atoms. The first-order valence-electron chi connectivity index (χ1n) is 7.05. The highest BCUT2D eigenvalue weighted by Crippen LogP contribution is 2.24. The fourth-order valence-electron chi connectivity index (χ4n) is 2.42. The van der Waals surface area contributed by atoms with Crippen LogP contribution in [0.5, 0.6) is 0 Å². The number of piperidine rings is 1. The van der Waals surface area contributed by atoms with Gasteiger partial charge in [0.1, 0.15) is 0 Å². The molecule has 0 aromatic rings. The second-order valence-corrected chi connectivity index (χ2v) is 8.36. The van der Waals surface area contributed by atoms with E-state index in [4.69, 9.17) is 5.11 Å². The molecule has 0 saturated carbocycles. The molecule has 0 aliphatic carbocycles. The van der Waals surface area contributed by atoms with E-state index < -0.39 is 10.2 Å².